The summed E-state index contributed by atoms with van der Waals surface area (Å²) in [6, 6.07) is 9.29. The van der Waals surface area contributed by atoms with E-state index in [1.165, 1.54) is 18.2 Å². The van der Waals surface area contributed by atoms with Crippen molar-refractivity contribution in [1.82, 2.24) is 14.6 Å². The number of aromatic carboxylic acids is 1. The van der Waals surface area contributed by atoms with Gasteiger partial charge in [0.05, 0.1) is 10.6 Å². The first-order valence-electron chi connectivity index (χ1n) is 8.17. The van der Waals surface area contributed by atoms with Crippen molar-refractivity contribution < 1.29 is 14.8 Å². The highest BCUT2D eigenvalue weighted by Crippen LogP contribution is 2.27. The third kappa shape index (κ3) is 2.73. The van der Waals surface area contributed by atoms with Gasteiger partial charge in [-0.2, -0.15) is 9.61 Å². The molecule has 26 heavy (non-hydrogen) atoms. The van der Waals surface area contributed by atoms with Crippen LogP contribution in [0.25, 0.3) is 16.9 Å². The number of nitro groups is 1. The second kappa shape index (κ2) is 6.10. The molecular weight excluding hydrogens is 338 g/mol. The Morgan fingerprint density at radius 3 is 2.46 bits per heavy atom. The molecule has 132 valence electrons. The van der Waals surface area contributed by atoms with Gasteiger partial charge in [-0.3, -0.25) is 10.1 Å². The summed E-state index contributed by atoms with van der Waals surface area (Å²) in [5.41, 5.74) is 1.68. The summed E-state index contributed by atoms with van der Waals surface area (Å²) in [5.74, 6) is -0.399. The second-order valence-corrected chi connectivity index (χ2v) is 6.10. The van der Waals surface area contributed by atoms with E-state index in [9.17, 15) is 20.0 Å². The van der Waals surface area contributed by atoms with Crippen molar-refractivity contribution in [1.29, 1.82) is 0 Å². The molecule has 9 nitrogen and oxygen atoms in total. The smallest absolute Gasteiger partial charge is 0.354 e. The van der Waals surface area contributed by atoms with Crippen LogP contribution in [0.1, 0.15) is 23.3 Å². The highest BCUT2D eigenvalue weighted by atomic mass is 16.6. The van der Waals surface area contributed by atoms with Gasteiger partial charge in [-0.25, -0.2) is 9.78 Å². The van der Waals surface area contributed by atoms with Crippen molar-refractivity contribution in [3.8, 4) is 11.3 Å². The molecule has 0 atom stereocenters. The summed E-state index contributed by atoms with van der Waals surface area (Å²) < 4.78 is 1.63. The Kier molecular flexibility index (Phi) is 3.76. The molecule has 1 aromatic carbocycles. The molecule has 1 saturated heterocycles. The van der Waals surface area contributed by atoms with E-state index in [0.29, 0.717) is 22.7 Å². The van der Waals surface area contributed by atoms with E-state index in [2.05, 4.69) is 15.0 Å². The van der Waals surface area contributed by atoms with Gasteiger partial charge < -0.3 is 10.0 Å². The Morgan fingerprint density at radius 1 is 1.15 bits per heavy atom. The molecular formula is C17H15N5O4. The molecule has 0 saturated carbocycles. The molecule has 3 heterocycles. The van der Waals surface area contributed by atoms with Gasteiger partial charge in [0.15, 0.2) is 11.3 Å². The van der Waals surface area contributed by atoms with Crippen molar-refractivity contribution in [2.45, 2.75) is 12.8 Å². The Morgan fingerprint density at radius 2 is 1.85 bits per heavy atom. The van der Waals surface area contributed by atoms with Crippen LogP contribution in [0.4, 0.5) is 11.5 Å². The standard InChI is InChI=1S/C17H15N5O4/c23-17(24)14-10-16(20-7-1-2-8-20)21-15(18-14)9-13(19-21)11-3-5-12(6-4-11)22(25)26/h3-6,9-10H,1-2,7-8H2,(H,23,24). The third-order valence-electron chi connectivity index (χ3n) is 4.43. The molecule has 1 aliphatic rings. The lowest BCUT2D eigenvalue weighted by Gasteiger charge is -2.18. The lowest BCUT2D eigenvalue weighted by atomic mass is 10.1. The van der Waals surface area contributed by atoms with Crippen LogP contribution in [0, 0.1) is 10.1 Å². The first-order valence-corrected chi connectivity index (χ1v) is 8.17. The summed E-state index contributed by atoms with van der Waals surface area (Å²) in [7, 11) is 0. The Hall–Kier alpha value is -3.49. The van der Waals surface area contributed by atoms with Crippen LogP contribution in [0.3, 0.4) is 0 Å². The van der Waals surface area contributed by atoms with E-state index >= 15 is 0 Å². The monoisotopic (exact) mass is 353 g/mol. The number of aromatic nitrogens is 3. The number of hydrogen-bond donors (Lipinski definition) is 1. The summed E-state index contributed by atoms with van der Waals surface area (Å²) in [5, 5.41) is 24.7. The maximum atomic E-state index is 11.4. The molecule has 0 radical (unpaired) electrons. The van der Waals surface area contributed by atoms with Crippen molar-refractivity contribution in [3.05, 3.63) is 52.2 Å². The molecule has 1 fully saturated rings. The Labute approximate surface area is 147 Å². The molecule has 3 aromatic rings. The minimum Gasteiger partial charge on any atom is -0.477 e. The topological polar surface area (TPSA) is 114 Å². The van der Waals surface area contributed by atoms with Gasteiger partial charge >= 0.3 is 5.97 Å². The van der Waals surface area contributed by atoms with Crippen LogP contribution in [0.2, 0.25) is 0 Å². The fourth-order valence-corrected chi connectivity index (χ4v) is 3.13. The predicted octanol–water partition coefficient (Wildman–Crippen LogP) is 2.60. The molecule has 0 spiro atoms. The second-order valence-electron chi connectivity index (χ2n) is 6.10. The quantitative estimate of drug-likeness (QED) is 0.566. The molecule has 0 unspecified atom stereocenters. The summed E-state index contributed by atoms with van der Waals surface area (Å²) in [6.45, 7) is 1.68. The van der Waals surface area contributed by atoms with Gasteiger partial charge in [0.25, 0.3) is 5.69 Å². The summed E-state index contributed by atoms with van der Waals surface area (Å²) in [6.07, 6.45) is 2.09. The van der Waals surface area contributed by atoms with Gasteiger partial charge in [-0.15, -0.1) is 0 Å². The predicted molar refractivity (Wildman–Crippen MR) is 93.5 cm³/mol. The number of fused-ring (bicyclic) bond motifs is 1. The fourth-order valence-electron chi connectivity index (χ4n) is 3.13. The zero-order chi connectivity index (χ0) is 18.3. The van der Waals surface area contributed by atoms with Crippen molar-refractivity contribution in [2.75, 3.05) is 18.0 Å². The Balaban J connectivity index is 1.83. The number of non-ortho nitro benzene ring substituents is 1. The van der Waals surface area contributed by atoms with Crippen LogP contribution in [-0.2, 0) is 0 Å². The van der Waals surface area contributed by atoms with Gasteiger partial charge in [-0.1, -0.05) is 0 Å². The van der Waals surface area contributed by atoms with E-state index in [1.807, 2.05) is 0 Å². The average molecular weight is 353 g/mol. The number of carboxylic acid groups (broad SMARTS) is 1. The number of anilines is 1. The lowest BCUT2D eigenvalue weighted by molar-refractivity contribution is -0.384. The summed E-state index contributed by atoms with van der Waals surface area (Å²) >= 11 is 0. The minimum absolute atomic E-state index is 0.00144. The molecule has 1 aliphatic heterocycles. The van der Waals surface area contributed by atoms with Crippen LogP contribution in [0.15, 0.2) is 36.4 Å². The number of nitro benzene ring substituents is 1. The Bertz CT molecular complexity index is 1010. The SMILES string of the molecule is O=C(O)c1cc(N2CCCC2)n2nc(-c3ccc([N+](=O)[O-])cc3)cc2n1. The van der Waals surface area contributed by atoms with Crippen molar-refractivity contribution in [3.63, 3.8) is 0 Å². The minimum atomic E-state index is -1.09. The van der Waals surface area contributed by atoms with Crippen LogP contribution in [0.5, 0.6) is 0 Å². The zero-order valence-corrected chi connectivity index (χ0v) is 13.7. The van der Waals surface area contributed by atoms with Crippen molar-refractivity contribution >= 4 is 23.1 Å². The summed E-state index contributed by atoms with van der Waals surface area (Å²) in [4.78, 5) is 28.0. The molecule has 0 bridgehead atoms. The molecule has 4 rings (SSSR count). The molecule has 2 aromatic heterocycles. The van der Waals surface area contributed by atoms with E-state index in [4.69, 9.17) is 0 Å². The van der Waals surface area contributed by atoms with Gasteiger partial charge in [0, 0.05) is 42.9 Å². The number of carboxylic acids is 1. The average Bonchev–Trinajstić information content (AvgIpc) is 3.30. The molecule has 9 heteroatoms. The maximum Gasteiger partial charge on any atom is 0.354 e. The first kappa shape index (κ1) is 16.0. The maximum absolute atomic E-state index is 11.4. The van der Waals surface area contributed by atoms with E-state index < -0.39 is 10.9 Å². The van der Waals surface area contributed by atoms with E-state index in [-0.39, 0.29) is 11.4 Å². The van der Waals surface area contributed by atoms with Crippen LogP contribution in [-0.4, -0.2) is 43.7 Å². The number of rotatable bonds is 4. The highest BCUT2D eigenvalue weighted by molar-refractivity contribution is 5.87. The van der Waals surface area contributed by atoms with Gasteiger partial charge in [-0.05, 0) is 25.0 Å². The molecule has 0 aliphatic carbocycles. The van der Waals surface area contributed by atoms with Gasteiger partial charge in [0.2, 0.25) is 0 Å². The highest BCUT2D eigenvalue weighted by Gasteiger charge is 2.20. The van der Waals surface area contributed by atoms with E-state index in [1.54, 1.807) is 22.7 Å². The largest absolute Gasteiger partial charge is 0.477 e. The third-order valence-corrected chi connectivity index (χ3v) is 4.43. The van der Waals surface area contributed by atoms with Crippen LogP contribution >= 0.6 is 0 Å². The van der Waals surface area contributed by atoms with Crippen molar-refractivity contribution in [2.24, 2.45) is 0 Å². The first-order chi connectivity index (χ1) is 12.5. The van der Waals surface area contributed by atoms with E-state index in [0.717, 1.165) is 25.9 Å². The lowest BCUT2D eigenvalue weighted by Crippen LogP contribution is -2.22. The van der Waals surface area contributed by atoms with Gasteiger partial charge in [0.1, 0.15) is 5.82 Å². The normalized spacial score (nSPS) is 14.1. The zero-order valence-electron chi connectivity index (χ0n) is 13.7. The number of carbonyl (C=O) groups is 1. The molecule has 0 amide bonds. The molecule has 1 N–H and O–H groups in total. The number of nitrogens with zero attached hydrogens (tertiary/aromatic N) is 5. The van der Waals surface area contributed by atoms with Crippen LogP contribution < -0.4 is 4.90 Å². The number of hydrogen-bond acceptors (Lipinski definition) is 6. The fraction of sp³-hybridized carbons (Fsp3) is 0.235. The number of benzene rings is 1.